The van der Waals surface area contributed by atoms with Crippen molar-refractivity contribution in [2.45, 2.75) is 12.3 Å². The molecule has 4 N–H and O–H groups in total. The van der Waals surface area contributed by atoms with Crippen molar-refractivity contribution in [3.8, 4) is 11.8 Å². The molecule has 15 nitrogen and oxygen atoms in total. The van der Waals surface area contributed by atoms with Gasteiger partial charge < -0.3 is 4.74 Å². The zero-order valence-electron chi connectivity index (χ0n) is 9.96. The first-order valence-corrected chi connectivity index (χ1v) is 5.55. The van der Waals surface area contributed by atoms with Crippen molar-refractivity contribution in [1.82, 2.24) is 42.5 Å². The molecule has 0 aliphatic carbocycles. The van der Waals surface area contributed by atoms with Crippen molar-refractivity contribution in [3.05, 3.63) is 11.4 Å². The number of rotatable bonds is 4. The number of hydrogen-bond donors (Lipinski definition) is 4. The van der Waals surface area contributed by atoms with E-state index in [4.69, 9.17) is 4.74 Å². The van der Waals surface area contributed by atoms with Gasteiger partial charge in [0.2, 0.25) is 0 Å². The van der Waals surface area contributed by atoms with Crippen LogP contribution in [0.4, 0.5) is 0 Å². The van der Waals surface area contributed by atoms with Gasteiger partial charge in [-0.1, -0.05) is 10.4 Å². The fraction of sp³-hybridized carbons (Fsp3) is 0.333. The zero-order valence-corrected chi connectivity index (χ0v) is 9.96. The molecule has 0 saturated heterocycles. The van der Waals surface area contributed by atoms with Gasteiger partial charge in [-0.15, -0.1) is 10.2 Å². The van der Waals surface area contributed by atoms with E-state index in [1.165, 1.54) is 0 Å². The topological polar surface area (TPSA) is 185 Å². The standard InChI is InChI=1S/C6H6N12O3/c7-3(8-16-15-7)1-5(13-20-11-1)19-6-2(12-21-14-6)4-9-17-18-10-4/h3-4H,(H,7,16)(H,8,15)(H,9,18)(H,10,17). The third-order valence-corrected chi connectivity index (χ3v) is 2.52. The summed E-state index contributed by atoms with van der Waals surface area (Å²) in [7, 11) is 0. The van der Waals surface area contributed by atoms with Crippen LogP contribution < -0.4 is 26.7 Å². The molecule has 2 atom stereocenters. The molecule has 4 heterocycles. The van der Waals surface area contributed by atoms with E-state index in [2.05, 4.69) is 72.5 Å². The van der Waals surface area contributed by atoms with Gasteiger partial charge in [0.05, 0.1) is 0 Å². The van der Waals surface area contributed by atoms with Crippen LogP contribution in [-0.2, 0) is 0 Å². The molecule has 0 fully saturated rings. The molecule has 2 aromatic rings. The molecule has 15 heteroatoms. The molecular weight excluding hydrogens is 288 g/mol. The second-order valence-corrected chi connectivity index (χ2v) is 3.76. The lowest BCUT2D eigenvalue weighted by atomic mass is 10.3. The zero-order chi connectivity index (χ0) is 14.1. The lowest BCUT2D eigenvalue weighted by molar-refractivity contribution is 0.271. The Hall–Kier alpha value is -3.20. The lowest BCUT2D eigenvalue weighted by Crippen LogP contribution is -2.25. The maximum atomic E-state index is 5.47. The quantitative estimate of drug-likeness (QED) is 0.552. The minimum atomic E-state index is -0.597. The van der Waals surface area contributed by atoms with Crippen LogP contribution >= 0.6 is 0 Å². The number of nitrogens with one attached hydrogen (secondary N) is 4. The molecule has 0 saturated carbocycles. The van der Waals surface area contributed by atoms with Gasteiger partial charge in [-0.25, -0.2) is 20.3 Å². The predicted molar refractivity (Wildman–Crippen MR) is 56.4 cm³/mol. The summed E-state index contributed by atoms with van der Waals surface area (Å²) in [5, 5.41) is 29.4. The van der Waals surface area contributed by atoms with Gasteiger partial charge >= 0.3 is 0 Å². The van der Waals surface area contributed by atoms with Gasteiger partial charge in [0.1, 0.15) is 0 Å². The van der Waals surface area contributed by atoms with Crippen LogP contribution in [0.3, 0.4) is 0 Å². The van der Waals surface area contributed by atoms with Gasteiger partial charge in [0, 0.05) is 0 Å². The summed E-state index contributed by atoms with van der Waals surface area (Å²) in [5.74, 6) is 0.0741. The summed E-state index contributed by atoms with van der Waals surface area (Å²) in [6.45, 7) is 0. The van der Waals surface area contributed by atoms with Crippen LogP contribution in [0, 0.1) is 0 Å². The molecule has 2 aliphatic rings. The third-order valence-electron chi connectivity index (χ3n) is 2.52. The Morgan fingerprint density at radius 3 is 1.71 bits per heavy atom. The monoisotopic (exact) mass is 294 g/mol. The fourth-order valence-corrected chi connectivity index (χ4v) is 1.60. The predicted octanol–water partition coefficient (Wildman–Crippen LogP) is -0.808. The average Bonchev–Trinajstić information content (AvgIpc) is 3.28. The molecule has 0 bridgehead atoms. The maximum absolute atomic E-state index is 5.47. The summed E-state index contributed by atoms with van der Waals surface area (Å²) < 4.78 is 14.7. The third kappa shape index (κ3) is 2.01. The van der Waals surface area contributed by atoms with E-state index >= 15 is 0 Å². The average molecular weight is 294 g/mol. The number of hydrogen-bond acceptors (Lipinski definition) is 15. The molecule has 0 radical (unpaired) electrons. The molecule has 4 rings (SSSR count). The molecule has 0 amide bonds. The molecule has 2 unspecified atom stereocenters. The summed E-state index contributed by atoms with van der Waals surface area (Å²) in [6.07, 6.45) is -1.19. The summed E-state index contributed by atoms with van der Waals surface area (Å²) >= 11 is 0. The maximum Gasteiger partial charge on any atom is 0.289 e. The smallest absolute Gasteiger partial charge is 0.289 e. The highest BCUT2D eigenvalue weighted by Gasteiger charge is 2.29. The number of nitrogens with zero attached hydrogens (tertiary/aromatic N) is 8. The molecule has 0 spiro atoms. The van der Waals surface area contributed by atoms with Crippen LogP contribution in [0.2, 0.25) is 0 Å². The minimum absolute atomic E-state index is 0.0370. The van der Waals surface area contributed by atoms with E-state index in [-0.39, 0.29) is 23.1 Å². The Balaban J connectivity index is 1.59. The van der Waals surface area contributed by atoms with Crippen molar-refractivity contribution >= 4 is 0 Å². The Kier molecular flexibility index (Phi) is 2.61. The Labute approximate surface area is 114 Å². The Bertz CT molecular complexity index is 632. The molecular formula is C6H6N12O3. The number of hydrazine groups is 2. The van der Waals surface area contributed by atoms with Crippen molar-refractivity contribution < 1.29 is 14.0 Å². The van der Waals surface area contributed by atoms with Gasteiger partial charge in [-0.3, -0.25) is 0 Å². The van der Waals surface area contributed by atoms with Gasteiger partial charge in [-0.05, 0) is 20.6 Å². The van der Waals surface area contributed by atoms with E-state index in [0.29, 0.717) is 0 Å². The van der Waals surface area contributed by atoms with Crippen LogP contribution in [0.25, 0.3) is 0 Å². The number of ether oxygens (including phenoxy) is 1. The molecule has 21 heavy (non-hydrogen) atoms. The lowest BCUT2D eigenvalue weighted by Gasteiger charge is -2.04. The van der Waals surface area contributed by atoms with Gasteiger partial charge in [-0.2, -0.15) is 10.9 Å². The summed E-state index contributed by atoms with van der Waals surface area (Å²) in [4.78, 5) is 0. The molecule has 108 valence electrons. The van der Waals surface area contributed by atoms with E-state index in [1.807, 2.05) is 0 Å². The Morgan fingerprint density at radius 2 is 1.29 bits per heavy atom. The first kappa shape index (κ1) is 11.6. The highest BCUT2D eigenvalue weighted by Crippen LogP contribution is 2.31. The second-order valence-electron chi connectivity index (χ2n) is 3.76. The van der Waals surface area contributed by atoms with Crippen LogP contribution in [-0.4, -0.2) is 20.6 Å². The molecule has 2 aliphatic heterocycles. The summed E-state index contributed by atoms with van der Waals surface area (Å²) in [6, 6.07) is 0. The van der Waals surface area contributed by atoms with E-state index in [0.717, 1.165) is 0 Å². The van der Waals surface area contributed by atoms with E-state index in [1.54, 1.807) is 0 Å². The summed E-state index contributed by atoms with van der Waals surface area (Å²) in [5.41, 5.74) is 10.9. The van der Waals surface area contributed by atoms with Gasteiger partial charge in [0.25, 0.3) is 11.8 Å². The Morgan fingerprint density at radius 1 is 0.762 bits per heavy atom. The first-order valence-electron chi connectivity index (χ1n) is 5.55. The number of aromatic nitrogens is 4. The highest BCUT2D eigenvalue weighted by molar-refractivity contribution is 5.27. The minimum Gasteiger partial charge on any atom is -0.411 e. The van der Waals surface area contributed by atoms with Crippen molar-refractivity contribution in [1.29, 1.82) is 0 Å². The first-order chi connectivity index (χ1) is 10.4. The van der Waals surface area contributed by atoms with Crippen molar-refractivity contribution in [2.75, 3.05) is 0 Å². The van der Waals surface area contributed by atoms with Crippen LogP contribution in [0.5, 0.6) is 11.8 Å². The normalized spacial score (nSPS) is 23.2. The van der Waals surface area contributed by atoms with Crippen LogP contribution in [0.15, 0.2) is 29.9 Å². The largest absolute Gasteiger partial charge is 0.411 e. The SMILES string of the molecule is N1=NC(c2nonc2Oc2nonc2C2N=NNN2)NN1. The molecule has 2 aromatic heterocycles. The van der Waals surface area contributed by atoms with E-state index < -0.39 is 12.3 Å². The van der Waals surface area contributed by atoms with Gasteiger partial charge in [0.15, 0.2) is 23.7 Å². The second kappa shape index (κ2) is 4.72. The van der Waals surface area contributed by atoms with Crippen LogP contribution in [0.1, 0.15) is 23.7 Å². The van der Waals surface area contributed by atoms with Crippen molar-refractivity contribution in [2.24, 2.45) is 20.7 Å². The fourth-order valence-electron chi connectivity index (χ4n) is 1.60. The molecule has 0 aromatic carbocycles. The highest BCUT2D eigenvalue weighted by atomic mass is 16.6. The van der Waals surface area contributed by atoms with E-state index in [9.17, 15) is 0 Å². The van der Waals surface area contributed by atoms with Crippen molar-refractivity contribution in [3.63, 3.8) is 0 Å².